The Labute approximate surface area is 130 Å². The zero-order valence-corrected chi connectivity index (χ0v) is 13.5. The predicted octanol–water partition coefficient (Wildman–Crippen LogP) is 3.57. The molecule has 0 radical (unpaired) electrons. The molecule has 0 spiro atoms. The zero-order chi connectivity index (χ0) is 15.2. The minimum absolute atomic E-state index is 0.0393. The van der Waals surface area contributed by atoms with Gasteiger partial charge in [0.25, 0.3) is 0 Å². The van der Waals surface area contributed by atoms with Crippen molar-refractivity contribution in [2.24, 2.45) is 0 Å². The van der Waals surface area contributed by atoms with Gasteiger partial charge in [0.1, 0.15) is 0 Å². The molecule has 1 aliphatic carbocycles. The van der Waals surface area contributed by atoms with E-state index in [1.54, 1.807) is 7.05 Å². The van der Waals surface area contributed by atoms with Crippen molar-refractivity contribution < 1.29 is 9.90 Å². The summed E-state index contributed by atoms with van der Waals surface area (Å²) in [6.45, 7) is 1.78. The molecule has 0 saturated heterocycles. The average molecular weight is 308 g/mol. The number of likely N-dealkylation sites (N-methyl/N-ethyl adjacent to an activating group) is 1. The fraction of sp³-hybridized carbons (Fsp3) is 0.562. The van der Waals surface area contributed by atoms with Crippen LogP contribution < -0.4 is 5.32 Å². The molecule has 0 aromatic heterocycles. The van der Waals surface area contributed by atoms with Gasteiger partial charge in [-0.2, -0.15) is 0 Å². The Balaban J connectivity index is 2.03. The van der Waals surface area contributed by atoms with Gasteiger partial charge in [-0.25, -0.2) is 4.79 Å². The van der Waals surface area contributed by atoms with Gasteiger partial charge < -0.3 is 15.3 Å². The van der Waals surface area contributed by atoms with Crippen molar-refractivity contribution in [3.05, 3.63) is 24.3 Å². The molecule has 1 aliphatic rings. The van der Waals surface area contributed by atoms with Gasteiger partial charge in [0.2, 0.25) is 0 Å². The van der Waals surface area contributed by atoms with Crippen molar-refractivity contribution in [3.8, 4) is 0 Å². The van der Waals surface area contributed by atoms with Crippen LogP contribution in [0.5, 0.6) is 0 Å². The summed E-state index contributed by atoms with van der Waals surface area (Å²) in [5.41, 5.74) is 0.858. The van der Waals surface area contributed by atoms with Crippen LogP contribution in [-0.4, -0.2) is 41.0 Å². The molecular weight excluding hydrogens is 284 g/mol. The molecule has 1 unspecified atom stereocenters. The second kappa shape index (κ2) is 7.71. The van der Waals surface area contributed by atoms with Crippen molar-refractivity contribution in [3.63, 3.8) is 0 Å². The molecule has 1 fully saturated rings. The second-order valence-corrected chi connectivity index (χ2v) is 6.94. The van der Waals surface area contributed by atoms with E-state index in [1.165, 1.54) is 30.6 Å². The SMILES string of the molecule is CC(CO)N(C)C(=O)Nc1ccccc1SC1CCCC1. The number of para-hydroxylation sites is 1. The van der Waals surface area contributed by atoms with Crippen LogP contribution in [0.25, 0.3) is 0 Å². The van der Waals surface area contributed by atoms with E-state index in [2.05, 4.69) is 11.4 Å². The van der Waals surface area contributed by atoms with Gasteiger partial charge >= 0.3 is 6.03 Å². The molecule has 4 nitrogen and oxygen atoms in total. The Kier molecular flexibility index (Phi) is 5.94. The fourth-order valence-electron chi connectivity index (χ4n) is 2.38. The lowest BCUT2D eigenvalue weighted by molar-refractivity contribution is 0.166. The van der Waals surface area contributed by atoms with Crippen LogP contribution in [0.15, 0.2) is 29.2 Å². The van der Waals surface area contributed by atoms with E-state index in [-0.39, 0.29) is 18.7 Å². The molecule has 0 aliphatic heterocycles. The first-order chi connectivity index (χ1) is 10.1. The minimum Gasteiger partial charge on any atom is -0.394 e. The van der Waals surface area contributed by atoms with Gasteiger partial charge in [-0.3, -0.25) is 0 Å². The van der Waals surface area contributed by atoms with E-state index in [9.17, 15) is 4.79 Å². The summed E-state index contributed by atoms with van der Waals surface area (Å²) < 4.78 is 0. The molecule has 2 rings (SSSR count). The summed E-state index contributed by atoms with van der Waals surface area (Å²) in [7, 11) is 1.70. The number of benzene rings is 1. The topological polar surface area (TPSA) is 52.6 Å². The number of thioether (sulfide) groups is 1. The largest absolute Gasteiger partial charge is 0.394 e. The van der Waals surface area contributed by atoms with Crippen molar-refractivity contribution in [1.29, 1.82) is 0 Å². The maximum atomic E-state index is 12.2. The monoisotopic (exact) mass is 308 g/mol. The van der Waals surface area contributed by atoms with Gasteiger partial charge in [0, 0.05) is 17.2 Å². The number of anilines is 1. The van der Waals surface area contributed by atoms with E-state index in [1.807, 2.05) is 36.9 Å². The average Bonchev–Trinajstić information content (AvgIpc) is 3.00. The predicted molar refractivity (Wildman–Crippen MR) is 87.9 cm³/mol. The number of carbonyl (C=O) groups is 1. The number of aliphatic hydroxyl groups is 1. The van der Waals surface area contributed by atoms with Crippen LogP contribution in [-0.2, 0) is 0 Å². The van der Waals surface area contributed by atoms with Gasteiger partial charge in [-0.1, -0.05) is 25.0 Å². The molecule has 1 atom stereocenters. The number of aliphatic hydroxyl groups excluding tert-OH is 1. The van der Waals surface area contributed by atoms with Crippen molar-refractivity contribution >= 4 is 23.5 Å². The van der Waals surface area contributed by atoms with Crippen LogP contribution in [0, 0.1) is 0 Å². The van der Waals surface area contributed by atoms with E-state index in [0.29, 0.717) is 5.25 Å². The van der Waals surface area contributed by atoms with E-state index < -0.39 is 0 Å². The Morgan fingerprint density at radius 2 is 2.10 bits per heavy atom. The van der Waals surface area contributed by atoms with Crippen LogP contribution >= 0.6 is 11.8 Å². The Bertz CT molecular complexity index is 475. The number of hydrogen-bond acceptors (Lipinski definition) is 3. The summed E-state index contributed by atoms with van der Waals surface area (Å²) in [4.78, 5) is 14.8. The summed E-state index contributed by atoms with van der Waals surface area (Å²) in [6.07, 6.45) is 5.13. The quantitative estimate of drug-likeness (QED) is 0.874. The maximum Gasteiger partial charge on any atom is 0.321 e. The normalized spacial score (nSPS) is 16.7. The highest BCUT2D eigenvalue weighted by molar-refractivity contribution is 8.00. The standard InChI is InChI=1S/C16H24N2O2S/c1-12(11-19)18(2)16(20)17-14-9-5-6-10-15(14)21-13-7-3-4-8-13/h5-6,9-10,12-13,19H,3-4,7-8,11H2,1-2H3,(H,17,20). The first-order valence-electron chi connectivity index (χ1n) is 7.52. The molecular formula is C16H24N2O2S. The van der Waals surface area contributed by atoms with Gasteiger partial charge in [0.05, 0.1) is 18.3 Å². The Morgan fingerprint density at radius 1 is 1.43 bits per heavy atom. The van der Waals surface area contributed by atoms with Gasteiger partial charge in [0.15, 0.2) is 0 Å². The van der Waals surface area contributed by atoms with Gasteiger partial charge in [-0.05, 0) is 31.9 Å². The molecule has 1 saturated carbocycles. The van der Waals surface area contributed by atoms with Crippen LogP contribution in [0.3, 0.4) is 0 Å². The lowest BCUT2D eigenvalue weighted by Gasteiger charge is -2.24. The zero-order valence-electron chi connectivity index (χ0n) is 12.7. The highest BCUT2D eigenvalue weighted by Crippen LogP contribution is 2.38. The molecule has 21 heavy (non-hydrogen) atoms. The highest BCUT2D eigenvalue weighted by atomic mass is 32.2. The molecule has 0 heterocycles. The summed E-state index contributed by atoms with van der Waals surface area (Å²) in [5.74, 6) is 0. The number of urea groups is 1. The lowest BCUT2D eigenvalue weighted by Crippen LogP contribution is -2.40. The molecule has 2 N–H and O–H groups in total. The van der Waals surface area contributed by atoms with Crippen LogP contribution in [0.1, 0.15) is 32.6 Å². The molecule has 0 bridgehead atoms. The van der Waals surface area contributed by atoms with E-state index in [0.717, 1.165) is 10.6 Å². The smallest absolute Gasteiger partial charge is 0.321 e. The fourth-order valence-corrected chi connectivity index (χ4v) is 3.72. The first-order valence-corrected chi connectivity index (χ1v) is 8.40. The Hall–Kier alpha value is -1.20. The third kappa shape index (κ3) is 4.38. The molecule has 2 amide bonds. The molecule has 5 heteroatoms. The van der Waals surface area contributed by atoms with Crippen molar-refractivity contribution in [2.45, 2.75) is 48.8 Å². The summed E-state index contributed by atoms with van der Waals surface area (Å²) >= 11 is 1.86. The third-order valence-corrected chi connectivity index (χ3v) is 5.38. The minimum atomic E-state index is -0.195. The highest BCUT2D eigenvalue weighted by Gasteiger charge is 2.19. The first kappa shape index (κ1) is 16.2. The van der Waals surface area contributed by atoms with Gasteiger partial charge in [-0.15, -0.1) is 11.8 Å². The summed E-state index contributed by atoms with van der Waals surface area (Å²) in [5, 5.41) is 12.8. The number of nitrogens with one attached hydrogen (secondary N) is 1. The summed E-state index contributed by atoms with van der Waals surface area (Å²) in [6, 6.07) is 7.56. The number of carbonyl (C=O) groups excluding carboxylic acids is 1. The molecule has 1 aromatic carbocycles. The number of amides is 2. The lowest BCUT2D eigenvalue weighted by atomic mass is 10.3. The van der Waals surface area contributed by atoms with E-state index in [4.69, 9.17) is 5.11 Å². The second-order valence-electron chi connectivity index (χ2n) is 5.59. The maximum absolute atomic E-state index is 12.2. The van der Waals surface area contributed by atoms with Crippen molar-refractivity contribution in [2.75, 3.05) is 19.0 Å². The van der Waals surface area contributed by atoms with E-state index >= 15 is 0 Å². The number of nitrogens with zero attached hydrogens (tertiary/aromatic N) is 1. The Morgan fingerprint density at radius 3 is 2.76 bits per heavy atom. The van der Waals surface area contributed by atoms with Crippen molar-refractivity contribution in [1.82, 2.24) is 4.90 Å². The van der Waals surface area contributed by atoms with Crippen LogP contribution in [0.2, 0.25) is 0 Å². The van der Waals surface area contributed by atoms with Crippen LogP contribution in [0.4, 0.5) is 10.5 Å². The number of hydrogen-bond donors (Lipinski definition) is 2. The number of rotatable bonds is 5. The third-order valence-electron chi connectivity index (χ3n) is 3.97. The molecule has 116 valence electrons. The molecule has 1 aromatic rings.